The summed E-state index contributed by atoms with van der Waals surface area (Å²) in [6.45, 7) is 2.42. The van der Waals surface area contributed by atoms with Crippen LogP contribution in [-0.2, 0) is 19.6 Å². The number of benzene rings is 1. The molecule has 3 nitrogen and oxygen atoms in total. The first-order valence-electron chi connectivity index (χ1n) is 6.32. The Labute approximate surface area is 119 Å². The number of rotatable bonds is 6. The molecule has 0 fully saturated rings. The van der Waals surface area contributed by atoms with Crippen molar-refractivity contribution in [2.24, 2.45) is 0 Å². The lowest BCUT2D eigenvalue weighted by molar-refractivity contribution is 0.315. The summed E-state index contributed by atoms with van der Waals surface area (Å²) in [6.07, 6.45) is 1.74. The Morgan fingerprint density at radius 1 is 1.16 bits per heavy atom. The van der Waals surface area contributed by atoms with Gasteiger partial charge in [0.1, 0.15) is 5.76 Å². The monoisotopic (exact) mass is 278 g/mol. The molecular formula is C15H19ClN2O. The van der Waals surface area contributed by atoms with E-state index in [1.807, 2.05) is 31.3 Å². The van der Waals surface area contributed by atoms with E-state index in [1.54, 1.807) is 6.26 Å². The van der Waals surface area contributed by atoms with Crippen molar-refractivity contribution in [1.82, 2.24) is 10.2 Å². The number of hydrogen-bond acceptors (Lipinski definition) is 3. The summed E-state index contributed by atoms with van der Waals surface area (Å²) in [6, 6.07) is 9.97. The van der Waals surface area contributed by atoms with E-state index in [4.69, 9.17) is 16.0 Å². The van der Waals surface area contributed by atoms with E-state index in [-0.39, 0.29) is 0 Å². The van der Waals surface area contributed by atoms with Crippen molar-refractivity contribution < 1.29 is 4.42 Å². The fourth-order valence-corrected chi connectivity index (χ4v) is 2.28. The molecule has 0 saturated heterocycles. The van der Waals surface area contributed by atoms with E-state index < -0.39 is 0 Å². The molecule has 0 saturated carbocycles. The van der Waals surface area contributed by atoms with E-state index in [1.165, 1.54) is 5.56 Å². The molecule has 4 heteroatoms. The van der Waals surface area contributed by atoms with Crippen molar-refractivity contribution in [1.29, 1.82) is 0 Å². The lowest BCUT2D eigenvalue weighted by atomic mass is 10.2. The Hall–Kier alpha value is -1.29. The average molecular weight is 279 g/mol. The number of furan rings is 1. The predicted molar refractivity (Wildman–Crippen MR) is 78.1 cm³/mol. The number of halogens is 1. The quantitative estimate of drug-likeness (QED) is 0.879. The molecule has 1 heterocycles. The van der Waals surface area contributed by atoms with Crippen LogP contribution in [0.1, 0.15) is 16.9 Å². The molecule has 0 aliphatic heterocycles. The minimum absolute atomic E-state index is 0.752. The van der Waals surface area contributed by atoms with Crippen molar-refractivity contribution in [2.45, 2.75) is 19.6 Å². The maximum Gasteiger partial charge on any atom is 0.122 e. The molecule has 0 spiro atoms. The lowest BCUT2D eigenvalue weighted by Crippen LogP contribution is -2.18. The minimum atomic E-state index is 0.752. The van der Waals surface area contributed by atoms with E-state index >= 15 is 0 Å². The third-order valence-corrected chi connectivity index (χ3v) is 3.38. The Balaban J connectivity index is 1.99. The molecule has 1 aromatic heterocycles. The van der Waals surface area contributed by atoms with Crippen LogP contribution >= 0.6 is 11.6 Å². The largest absolute Gasteiger partial charge is 0.468 e. The van der Waals surface area contributed by atoms with Crippen LogP contribution < -0.4 is 5.32 Å². The molecular weight excluding hydrogens is 260 g/mol. The topological polar surface area (TPSA) is 28.4 Å². The zero-order valence-corrected chi connectivity index (χ0v) is 12.1. The third kappa shape index (κ3) is 3.83. The van der Waals surface area contributed by atoms with Crippen molar-refractivity contribution in [3.05, 3.63) is 58.5 Å². The summed E-state index contributed by atoms with van der Waals surface area (Å²) < 4.78 is 5.46. The van der Waals surface area contributed by atoms with Crippen LogP contribution in [0.15, 0.2) is 41.0 Å². The Morgan fingerprint density at radius 2 is 1.89 bits per heavy atom. The van der Waals surface area contributed by atoms with Gasteiger partial charge in [0.2, 0.25) is 0 Å². The van der Waals surface area contributed by atoms with Crippen LogP contribution in [0, 0.1) is 0 Å². The smallest absolute Gasteiger partial charge is 0.122 e. The third-order valence-electron chi connectivity index (χ3n) is 3.01. The van der Waals surface area contributed by atoms with Crippen LogP contribution in [0.2, 0.25) is 5.02 Å². The van der Waals surface area contributed by atoms with Gasteiger partial charge in [-0.15, -0.1) is 0 Å². The first kappa shape index (κ1) is 14.1. The zero-order valence-electron chi connectivity index (χ0n) is 11.3. The van der Waals surface area contributed by atoms with Gasteiger partial charge in [-0.2, -0.15) is 0 Å². The summed E-state index contributed by atoms with van der Waals surface area (Å²) in [5, 5.41) is 3.93. The van der Waals surface area contributed by atoms with Gasteiger partial charge in [0.05, 0.1) is 12.8 Å². The molecule has 0 aliphatic rings. The van der Waals surface area contributed by atoms with Crippen molar-refractivity contribution in [2.75, 3.05) is 14.1 Å². The summed E-state index contributed by atoms with van der Waals surface area (Å²) in [7, 11) is 4.00. The molecule has 102 valence electrons. The van der Waals surface area contributed by atoms with Gasteiger partial charge >= 0.3 is 0 Å². The van der Waals surface area contributed by atoms with Gasteiger partial charge in [-0.05, 0) is 31.8 Å². The molecule has 0 aliphatic carbocycles. The number of hydrogen-bond donors (Lipinski definition) is 1. The SMILES string of the molecule is CNCc1occc1CN(C)Cc1ccccc1Cl. The summed E-state index contributed by atoms with van der Waals surface area (Å²) in [5.41, 5.74) is 2.36. The highest BCUT2D eigenvalue weighted by Crippen LogP contribution is 2.18. The maximum atomic E-state index is 6.18. The number of nitrogens with one attached hydrogen (secondary N) is 1. The fraction of sp³-hybridized carbons (Fsp3) is 0.333. The first-order chi connectivity index (χ1) is 9.20. The highest BCUT2D eigenvalue weighted by Gasteiger charge is 2.09. The van der Waals surface area contributed by atoms with E-state index in [0.29, 0.717) is 0 Å². The molecule has 0 radical (unpaired) electrons. The highest BCUT2D eigenvalue weighted by molar-refractivity contribution is 6.31. The average Bonchev–Trinajstić information content (AvgIpc) is 2.80. The van der Waals surface area contributed by atoms with E-state index in [0.717, 1.165) is 36.0 Å². The van der Waals surface area contributed by atoms with Gasteiger partial charge in [0.15, 0.2) is 0 Å². The molecule has 0 atom stereocenters. The summed E-state index contributed by atoms with van der Waals surface area (Å²) in [5.74, 6) is 0.994. The molecule has 0 unspecified atom stereocenters. The van der Waals surface area contributed by atoms with Crippen LogP contribution in [0.5, 0.6) is 0 Å². The van der Waals surface area contributed by atoms with Gasteiger partial charge in [-0.25, -0.2) is 0 Å². The second kappa shape index (κ2) is 6.75. The van der Waals surface area contributed by atoms with E-state index in [2.05, 4.69) is 23.3 Å². The Kier molecular flexibility index (Phi) is 5.02. The van der Waals surface area contributed by atoms with Crippen LogP contribution in [0.25, 0.3) is 0 Å². The van der Waals surface area contributed by atoms with Gasteiger partial charge < -0.3 is 9.73 Å². The van der Waals surface area contributed by atoms with Crippen LogP contribution in [-0.4, -0.2) is 19.0 Å². The maximum absolute atomic E-state index is 6.18. The van der Waals surface area contributed by atoms with Crippen molar-refractivity contribution in [3.63, 3.8) is 0 Å². The highest BCUT2D eigenvalue weighted by atomic mass is 35.5. The minimum Gasteiger partial charge on any atom is -0.468 e. The van der Waals surface area contributed by atoms with E-state index in [9.17, 15) is 0 Å². The molecule has 1 N–H and O–H groups in total. The zero-order chi connectivity index (χ0) is 13.7. The molecule has 0 amide bonds. The molecule has 0 bridgehead atoms. The second-order valence-corrected chi connectivity index (χ2v) is 5.07. The summed E-state index contributed by atoms with van der Waals surface area (Å²) in [4.78, 5) is 2.23. The lowest BCUT2D eigenvalue weighted by Gasteiger charge is -2.17. The van der Waals surface area contributed by atoms with Crippen LogP contribution in [0.4, 0.5) is 0 Å². The Bertz CT molecular complexity index is 524. The van der Waals surface area contributed by atoms with Crippen molar-refractivity contribution in [3.8, 4) is 0 Å². The van der Waals surface area contributed by atoms with Crippen LogP contribution in [0.3, 0.4) is 0 Å². The summed E-state index contributed by atoms with van der Waals surface area (Å²) >= 11 is 6.18. The van der Waals surface area contributed by atoms with Gasteiger partial charge in [0, 0.05) is 23.7 Å². The molecule has 19 heavy (non-hydrogen) atoms. The normalized spacial score (nSPS) is 11.2. The molecule has 1 aromatic carbocycles. The second-order valence-electron chi connectivity index (χ2n) is 4.66. The molecule has 2 rings (SSSR count). The van der Waals surface area contributed by atoms with Gasteiger partial charge in [-0.1, -0.05) is 29.8 Å². The standard InChI is InChI=1S/C15H19ClN2O/c1-17-9-15-13(7-8-19-15)11-18(2)10-12-5-3-4-6-14(12)16/h3-8,17H,9-11H2,1-2H3. The molecule has 2 aromatic rings. The predicted octanol–water partition coefficient (Wildman–Crippen LogP) is 3.28. The number of nitrogens with zero attached hydrogens (tertiary/aromatic N) is 1. The first-order valence-corrected chi connectivity index (χ1v) is 6.70. The van der Waals surface area contributed by atoms with Gasteiger partial charge in [-0.3, -0.25) is 4.90 Å². The fourth-order valence-electron chi connectivity index (χ4n) is 2.09. The van der Waals surface area contributed by atoms with Crippen molar-refractivity contribution >= 4 is 11.6 Å². The Morgan fingerprint density at radius 3 is 2.63 bits per heavy atom. The van der Waals surface area contributed by atoms with Gasteiger partial charge in [0.25, 0.3) is 0 Å².